The first kappa shape index (κ1) is 19.2. The first-order valence-corrected chi connectivity index (χ1v) is 9.84. The second-order valence-electron chi connectivity index (χ2n) is 6.74. The first-order chi connectivity index (χ1) is 10.9. The lowest BCUT2D eigenvalue weighted by Gasteiger charge is -2.12. The Bertz CT molecular complexity index is 333. The predicted octanol–water partition coefficient (Wildman–Crippen LogP) is 6.63. The molecule has 0 aliphatic rings. The Morgan fingerprint density at radius 3 is 1.55 bits per heavy atom. The van der Waals surface area contributed by atoms with Gasteiger partial charge in [-0.3, -0.25) is 0 Å². The normalized spacial score (nSPS) is 12.5. The molecule has 0 saturated heterocycles. The molecule has 1 unspecified atom stereocenters. The zero-order chi connectivity index (χ0) is 15.9. The third-order valence-corrected chi connectivity index (χ3v) is 4.69. The zero-order valence-electron chi connectivity index (χ0n) is 15.1. The number of rotatable bonds is 14. The van der Waals surface area contributed by atoms with Gasteiger partial charge in [-0.25, -0.2) is 4.57 Å². The molecule has 0 aromatic carbocycles. The van der Waals surface area contributed by atoms with E-state index >= 15 is 0 Å². The Balaban J connectivity index is 2.29. The molecule has 126 valence electrons. The number of nitrogens with zero attached hydrogens (tertiary/aromatic N) is 1. The second-order valence-corrected chi connectivity index (χ2v) is 6.74. The van der Waals surface area contributed by atoms with E-state index in [1.165, 1.54) is 83.5 Å². The molecule has 1 nitrogen and oxygen atoms in total. The van der Waals surface area contributed by atoms with Gasteiger partial charge in [-0.05, 0) is 12.8 Å². The molecule has 22 heavy (non-hydrogen) atoms. The van der Waals surface area contributed by atoms with Gasteiger partial charge in [0.15, 0.2) is 18.4 Å². The highest BCUT2D eigenvalue weighted by atomic mass is 15.0. The third-order valence-electron chi connectivity index (χ3n) is 4.69. The van der Waals surface area contributed by atoms with Crippen LogP contribution in [0.2, 0.25) is 0 Å². The summed E-state index contributed by atoms with van der Waals surface area (Å²) in [7, 11) is 0. The SMILES string of the molecule is CCCCCCCCC(CCCCCCC)[n+]1ccccc1. The summed E-state index contributed by atoms with van der Waals surface area (Å²) in [6.45, 7) is 4.59. The molecule has 0 aliphatic heterocycles. The molecule has 0 aliphatic carbocycles. The van der Waals surface area contributed by atoms with E-state index < -0.39 is 0 Å². The summed E-state index contributed by atoms with van der Waals surface area (Å²) in [6, 6.07) is 7.19. The van der Waals surface area contributed by atoms with Crippen LogP contribution >= 0.6 is 0 Å². The number of pyridine rings is 1. The maximum Gasteiger partial charge on any atom is 0.169 e. The molecule has 1 heterocycles. The molecule has 0 N–H and O–H groups in total. The number of hydrogen-bond acceptors (Lipinski definition) is 0. The predicted molar refractivity (Wildman–Crippen MR) is 97.0 cm³/mol. The Morgan fingerprint density at radius 1 is 0.591 bits per heavy atom. The van der Waals surface area contributed by atoms with E-state index in [4.69, 9.17) is 0 Å². The fourth-order valence-corrected chi connectivity index (χ4v) is 3.24. The minimum absolute atomic E-state index is 0.717. The molecule has 0 spiro atoms. The highest BCUT2D eigenvalue weighted by molar-refractivity contribution is 4.84. The zero-order valence-corrected chi connectivity index (χ0v) is 15.1. The number of unbranched alkanes of at least 4 members (excludes halogenated alkanes) is 9. The van der Waals surface area contributed by atoms with Gasteiger partial charge in [0.05, 0.1) is 0 Å². The van der Waals surface area contributed by atoms with Crippen LogP contribution < -0.4 is 4.57 Å². The second kappa shape index (κ2) is 13.8. The average molecular weight is 305 g/mol. The monoisotopic (exact) mass is 304 g/mol. The summed E-state index contributed by atoms with van der Waals surface area (Å²) in [4.78, 5) is 0. The summed E-state index contributed by atoms with van der Waals surface area (Å²) >= 11 is 0. The molecule has 0 fully saturated rings. The summed E-state index contributed by atoms with van der Waals surface area (Å²) in [6.07, 6.45) is 22.6. The quantitative estimate of drug-likeness (QED) is 0.268. The van der Waals surface area contributed by atoms with Gasteiger partial charge >= 0.3 is 0 Å². The fraction of sp³-hybridized carbons (Fsp3) is 0.762. The Morgan fingerprint density at radius 2 is 1.05 bits per heavy atom. The molecular weight excluding hydrogens is 266 g/mol. The highest BCUT2D eigenvalue weighted by Crippen LogP contribution is 2.19. The Kier molecular flexibility index (Phi) is 12.0. The van der Waals surface area contributed by atoms with Crippen molar-refractivity contribution in [2.24, 2.45) is 0 Å². The largest absolute Gasteiger partial charge is 0.202 e. The first-order valence-electron chi connectivity index (χ1n) is 9.84. The van der Waals surface area contributed by atoms with Gasteiger partial charge in [0.1, 0.15) is 0 Å². The summed E-state index contributed by atoms with van der Waals surface area (Å²) in [5, 5.41) is 0. The van der Waals surface area contributed by atoms with Gasteiger partial charge in [-0.15, -0.1) is 0 Å². The smallest absolute Gasteiger partial charge is 0.169 e. The van der Waals surface area contributed by atoms with Crippen molar-refractivity contribution >= 4 is 0 Å². The average Bonchev–Trinajstić information content (AvgIpc) is 2.56. The lowest BCUT2D eigenvalue weighted by molar-refractivity contribution is -0.724. The van der Waals surface area contributed by atoms with Crippen LogP contribution in [0.1, 0.15) is 103 Å². The van der Waals surface area contributed by atoms with Gasteiger partial charge in [-0.2, -0.15) is 0 Å². The van der Waals surface area contributed by atoms with Crippen molar-refractivity contribution in [1.82, 2.24) is 0 Å². The minimum atomic E-state index is 0.717. The molecule has 0 saturated carbocycles. The van der Waals surface area contributed by atoms with Gasteiger partial charge in [-0.1, -0.05) is 77.7 Å². The van der Waals surface area contributed by atoms with Crippen LogP contribution in [-0.2, 0) is 0 Å². The van der Waals surface area contributed by atoms with Gasteiger partial charge in [0.2, 0.25) is 0 Å². The van der Waals surface area contributed by atoms with Crippen molar-refractivity contribution in [2.75, 3.05) is 0 Å². The van der Waals surface area contributed by atoms with E-state index in [0.29, 0.717) is 6.04 Å². The topological polar surface area (TPSA) is 3.88 Å². The third kappa shape index (κ3) is 9.23. The molecular formula is C21H38N+. The van der Waals surface area contributed by atoms with E-state index in [0.717, 1.165) is 0 Å². The van der Waals surface area contributed by atoms with Gasteiger partial charge in [0, 0.05) is 25.0 Å². The van der Waals surface area contributed by atoms with Crippen LogP contribution in [-0.4, -0.2) is 0 Å². The summed E-state index contributed by atoms with van der Waals surface area (Å²) in [5.41, 5.74) is 0. The van der Waals surface area contributed by atoms with Crippen LogP contribution in [0.4, 0.5) is 0 Å². The van der Waals surface area contributed by atoms with E-state index in [-0.39, 0.29) is 0 Å². The molecule has 1 rings (SSSR count). The Hall–Kier alpha value is -0.850. The van der Waals surface area contributed by atoms with Crippen molar-refractivity contribution in [2.45, 2.75) is 103 Å². The molecule has 1 heteroatoms. The maximum atomic E-state index is 2.45. The van der Waals surface area contributed by atoms with Crippen LogP contribution in [0.3, 0.4) is 0 Å². The van der Waals surface area contributed by atoms with Crippen LogP contribution in [0.25, 0.3) is 0 Å². The van der Waals surface area contributed by atoms with Crippen molar-refractivity contribution in [3.63, 3.8) is 0 Å². The van der Waals surface area contributed by atoms with Crippen LogP contribution in [0, 0.1) is 0 Å². The molecule has 1 aromatic heterocycles. The molecule has 0 bridgehead atoms. The standard InChI is InChI=1S/C21H38N/c1-3-5-7-9-11-14-18-21(17-13-10-8-6-4-2)22-19-15-12-16-20-22/h12,15-16,19-21H,3-11,13-14,17-18H2,1-2H3/q+1. The van der Waals surface area contributed by atoms with Gasteiger partial charge < -0.3 is 0 Å². The van der Waals surface area contributed by atoms with E-state index in [1.54, 1.807) is 0 Å². The fourth-order valence-electron chi connectivity index (χ4n) is 3.24. The van der Waals surface area contributed by atoms with Crippen molar-refractivity contribution in [3.05, 3.63) is 30.6 Å². The van der Waals surface area contributed by atoms with Crippen molar-refractivity contribution in [3.8, 4) is 0 Å². The number of hydrogen-bond donors (Lipinski definition) is 0. The van der Waals surface area contributed by atoms with Crippen LogP contribution in [0.15, 0.2) is 30.6 Å². The van der Waals surface area contributed by atoms with E-state index in [2.05, 4.69) is 49.0 Å². The molecule has 1 aromatic rings. The van der Waals surface area contributed by atoms with Crippen LogP contribution in [0.5, 0.6) is 0 Å². The lowest BCUT2D eigenvalue weighted by Crippen LogP contribution is -2.38. The van der Waals surface area contributed by atoms with Crippen molar-refractivity contribution in [1.29, 1.82) is 0 Å². The summed E-state index contributed by atoms with van der Waals surface area (Å²) in [5.74, 6) is 0. The van der Waals surface area contributed by atoms with Gasteiger partial charge in [0.25, 0.3) is 0 Å². The molecule has 1 atom stereocenters. The van der Waals surface area contributed by atoms with E-state index in [1.807, 2.05) is 0 Å². The lowest BCUT2D eigenvalue weighted by atomic mass is 10.00. The molecule has 0 radical (unpaired) electrons. The van der Waals surface area contributed by atoms with Crippen molar-refractivity contribution < 1.29 is 4.57 Å². The summed E-state index contributed by atoms with van der Waals surface area (Å²) < 4.78 is 2.45. The van der Waals surface area contributed by atoms with E-state index in [9.17, 15) is 0 Å². The Labute approximate surface area is 139 Å². The maximum absolute atomic E-state index is 2.45. The minimum Gasteiger partial charge on any atom is -0.202 e. The number of aromatic nitrogens is 1. The highest BCUT2D eigenvalue weighted by Gasteiger charge is 2.16. The molecule has 0 amide bonds.